The number of aryl methyl sites for hydroxylation is 1. The Morgan fingerprint density at radius 3 is 2.46 bits per heavy atom. The maximum absolute atomic E-state index is 12.7. The Bertz CT molecular complexity index is 1240. The summed E-state index contributed by atoms with van der Waals surface area (Å²) < 4.78 is 1.37. The highest BCUT2D eigenvalue weighted by atomic mass is 16.2. The molecule has 1 saturated heterocycles. The van der Waals surface area contributed by atoms with E-state index in [0.717, 1.165) is 24.0 Å². The monoisotopic (exact) mass is 502 g/mol. The van der Waals surface area contributed by atoms with E-state index in [1.54, 1.807) is 0 Å². The summed E-state index contributed by atoms with van der Waals surface area (Å²) in [4.78, 5) is 27.8. The Hall–Kier alpha value is -3.39. The number of nitrogens with one attached hydrogen (secondary N) is 3. The number of rotatable bonds is 7. The van der Waals surface area contributed by atoms with E-state index in [4.69, 9.17) is 0 Å². The third-order valence-corrected chi connectivity index (χ3v) is 7.62. The van der Waals surface area contributed by atoms with Gasteiger partial charge in [0.1, 0.15) is 0 Å². The Kier molecular flexibility index (Phi) is 7.46. The van der Waals surface area contributed by atoms with Crippen LogP contribution in [0.25, 0.3) is 10.9 Å². The van der Waals surface area contributed by atoms with Gasteiger partial charge in [-0.25, -0.2) is 4.79 Å². The Balaban J connectivity index is 1.10. The predicted octanol–water partition coefficient (Wildman–Crippen LogP) is 4.25. The van der Waals surface area contributed by atoms with E-state index in [1.165, 1.54) is 35.9 Å². The second kappa shape index (κ2) is 10.9. The van der Waals surface area contributed by atoms with Crippen LogP contribution in [0, 0.1) is 6.92 Å². The average Bonchev–Trinajstić information content (AvgIpc) is 3.23. The fourth-order valence-electron chi connectivity index (χ4n) is 5.67. The molecule has 8 nitrogen and oxygen atoms in total. The van der Waals surface area contributed by atoms with Crippen molar-refractivity contribution in [3.05, 3.63) is 59.7 Å². The third-order valence-electron chi connectivity index (χ3n) is 7.62. The lowest BCUT2D eigenvalue weighted by molar-refractivity contribution is -0.121. The summed E-state index contributed by atoms with van der Waals surface area (Å²) in [5, 5.41) is 14.5. The van der Waals surface area contributed by atoms with Crippen molar-refractivity contribution in [3.63, 3.8) is 0 Å². The first-order valence-corrected chi connectivity index (χ1v) is 13.5. The molecule has 2 amide bonds. The summed E-state index contributed by atoms with van der Waals surface area (Å²) in [5.41, 5.74) is 3.25. The summed E-state index contributed by atoms with van der Waals surface area (Å²) in [6.45, 7) is 7.77. The minimum Gasteiger partial charge on any atom is -0.359 e. The van der Waals surface area contributed by atoms with E-state index in [2.05, 4.69) is 56.3 Å². The number of aromatic nitrogens is 2. The molecule has 3 aromatic rings. The molecule has 5 rings (SSSR count). The van der Waals surface area contributed by atoms with E-state index in [9.17, 15) is 9.59 Å². The minimum absolute atomic E-state index is 0.000304. The zero-order chi connectivity index (χ0) is 25.9. The van der Waals surface area contributed by atoms with Gasteiger partial charge in [0.2, 0.25) is 5.91 Å². The molecule has 1 saturated carbocycles. The van der Waals surface area contributed by atoms with Gasteiger partial charge in [-0.1, -0.05) is 42.0 Å². The Labute approximate surface area is 218 Å². The van der Waals surface area contributed by atoms with Crippen molar-refractivity contribution in [3.8, 4) is 0 Å². The first kappa shape index (κ1) is 25.3. The number of anilines is 1. The first-order chi connectivity index (χ1) is 17.9. The number of likely N-dealkylation sites (tertiary alicyclic amines) is 1. The van der Waals surface area contributed by atoms with Gasteiger partial charge in [-0.05, 0) is 70.1 Å². The fraction of sp³-hybridized carbons (Fsp3) is 0.483. The largest absolute Gasteiger partial charge is 0.359 e. The van der Waals surface area contributed by atoms with Crippen LogP contribution in [0.3, 0.4) is 0 Å². The quantitative estimate of drug-likeness (QED) is 0.449. The second-order valence-electron chi connectivity index (χ2n) is 10.9. The standard InChI is InChI=1S/C29H38N6O2/c1-19(2)31-29(37)35-26-14-9-20(3)15-25(26)28(33-35)30-16-27(36)32-23-17-34(18-23)24-12-10-22(11-13-24)21-7-5-4-6-8-21/h4-9,14-15,19,22-24H,10-13,16-18H2,1-3H3,(H,30,33)(H,31,37)(H,32,36)/t22-,24+. The van der Waals surface area contributed by atoms with Gasteiger partial charge >= 0.3 is 6.03 Å². The molecule has 0 atom stereocenters. The SMILES string of the molecule is Cc1ccc2c(c1)c(NCC(=O)NC1CN([C@H]3CC[C@@H](c4ccccc4)CC3)C1)nn2C(=O)NC(C)C. The van der Waals surface area contributed by atoms with E-state index in [-0.39, 0.29) is 30.6 Å². The van der Waals surface area contributed by atoms with Crippen LogP contribution in [0.4, 0.5) is 10.6 Å². The van der Waals surface area contributed by atoms with Gasteiger partial charge in [0.25, 0.3) is 0 Å². The normalized spacial score (nSPS) is 20.5. The highest BCUT2D eigenvalue weighted by molar-refractivity contribution is 5.98. The molecule has 2 aromatic carbocycles. The number of nitrogens with zero attached hydrogens (tertiary/aromatic N) is 3. The van der Waals surface area contributed by atoms with E-state index >= 15 is 0 Å². The molecule has 0 bridgehead atoms. The van der Waals surface area contributed by atoms with Crippen LogP contribution in [-0.4, -0.2) is 64.4 Å². The zero-order valence-electron chi connectivity index (χ0n) is 22.0. The lowest BCUT2D eigenvalue weighted by Gasteiger charge is -2.46. The Morgan fingerprint density at radius 2 is 1.76 bits per heavy atom. The van der Waals surface area contributed by atoms with Gasteiger partial charge in [0.05, 0.1) is 18.1 Å². The molecule has 37 heavy (non-hydrogen) atoms. The number of hydrogen-bond acceptors (Lipinski definition) is 5. The van der Waals surface area contributed by atoms with Crippen molar-refractivity contribution >= 4 is 28.7 Å². The van der Waals surface area contributed by atoms with Gasteiger partial charge < -0.3 is 16.0 Å². The summed E-state index contributed by atoms with van der Waals surface area (Å²) in [5.74, 6) is 1.16. The molecule has 0 spiro atoms. The van der Waals surface area contributed by atoms with E-state index < -0.39 is 0 Å². The maximum Gasteiger partial charge on any atom is 0.342 e. The molecule has 2 fully saturated rings. The van der Waals surface area contributed by atoms with E-state index in [1.807, 2.05) is 39.0 Å². The number of benzene rings is 2. The van der Waals surface area contributed by atoms with Crippen LogP contribution in [0.15, 0.2) is 48.5 Å². The number of carbonyl (C=O) groups excluding carboxylic acids is 2. The van der Waals surface area contributed by atoms with Crippen molar-refractivity contribution < 1.29 is 9.59 Å². The molecule has 1 aliphatic heterocycles. The van der Waals surface area contributed by atoms with Crippen LogP contribution < -0.4 is 16.0 Å². The molecule has 0 radical (unpaired) electrons. The van der Waals surface area contributed by atoms with Crippen LogP contribution in [0.5, 0.6) is 0 Å². The molecule has 0 unspecified atom stereocenters. The lowest BCUT2D eigenvalue weighted by atomic mass is 9.80. The molecule has 8 heteroatoms. The topological polar surface area (TPSA) is 91.3 Å². The van der Waals surface area contributed by atoms with Crippen molar-refractivity contribution in [2.24, 2.45) is 0 Å². The Morgan fingerprint density at radius 1 is 1.03 bits per heavy atom. The average molecular weight is 503 g/mol. The summed E-state index contributed by atoms with van der Waals surface area (Å²) in [6, 6.07) is 17.2. The van der Waals surface area contributed by atoms with Gasteiger partial charge in [-0.3, -0.25) is 9.69 Å². The predicted molar refractivity (Wildman–Crippen MR) is 147 cm³/mol. The van der Waals surface area contributed by atoms with Crippen molar-refractivity contribution in [2.75, 3.05) is 25.0 Å². The number of fused-ring (bicyclic) bond motifs is 1. The van der Waals surface area contributed by atoms with Crippen LogP contribution >= 0.6 is 0 Å². The maximum atomic E-state index is 12.7. The molecule has 2 heterocycles. The highest BCUT2D eigenvalue weighted by Gasteiger charge is 2.35. The fourth-order valence-corrected chi connectivity index (χ4v) is 5.67. The van der Waals surface area contributed by atoms with Crippen molar-refractivity contribution in [1.82, 2.24) is 25.3 Å². The zero-order valence-corrected chi connectivity index (χ0v) is 22.0. The number of amides is 2. The lowest BCUT2D eigenvalue weighted by Crippen LogP contribution is -2.63. The molecule has 1 aromatic heterocycles. The molecule has 196 valence electrons. The molecular weight excluding hydrogens is 464 g/mol. The minimum atomic E-state index is -0.284. The van der Waals surface area contributed by atoms with Crippen LogP contribution in [0.2, 0.25) is 0 Å². The van der Waals surface area contributed by atoms with Gasteiger partial charge in [-0.2, -0.15) is 4.68 Å². The van der Waals surface area contributed by atoms with Crippen LogP contribution in [-0.2, 0) is 4.79 Å². The summed E-state index contributed by atoms with van der Waals surface area (Å²) in [6.07, 6.45) is 4.92. The summed E-state index contributed by atoms with van der Waals surface area (Å²) >= 11 is 0. The second-order valence-corrected chi connectivity index (χ2v) is 10.9. The smallest absolute Gasteiger partial charge is 0.342 e. The number of hydrogen-bond donors (Lipinski definition) is 3. The van der Waals surface area contributed by atoms with Gasteiger partial charge in [0.15, 0.2) is 5.82 Å². The summed E-state index contributed by atoms with van der Waals surface area (Å²) in [7, 11) is 0. The third kappa shape index (κ3) is 5.80. The molecule has 2 aliphatic rings. The van der Waals surface area contributed by atoms with Crippen molar-refractivity contribution in [2.45, 2.75) is 70.5 Å². The first-order valence-electron chi connectivity index (χ1n) is 13.5. The molecular formula is C29H38N6O2. The van der Waals surface area contributed by atoms with E-state index in [0.29, 0.717) is 23.3 Å². The number of carbonyl (C=O) groups is 2. The molecule has 3 N–H and O–H groups in total. The van der Waals surface area contributed by atoms with Gasteiger partial charge in [-0.15, -0.1) is 5.10 Å². The van der Waals surface area contributed by atoms with Crippen molar-refractivity contribution in [1.29, 1.82) is 0 Å². The van der Waals surface area contributed by atoms with Gasteiger partial charge in [0, 0.05) is 30.6 Å². The van der Waals surface area contributed by atoms with Crippen LogP contribution in [0.1, 0.15) is 56.6 Å². The highest BCUT2D eigenvalue weighted by Crippen LogP contribution is 2.36. The molecule has 1 aliphatic carbocycles.